The summed E-state index contributed by atoms with van der Waals surface area (Å²) in [6.07, 6.45) is 4.39. The van der Waals surface area contributed by atoms with E-state index in [1.807, 2.05) is 24.6 Å². The van der Waals surface area contributed by atoms with Crippen molar-refractivity contribution < 1.29 is 13.2 Å². The number of carbonyl (C=O) groups is 1. The van der Waals surface area contributed by atoms with E-state index in [2.05, 4.69) is 5.10 Å². The van der Waals surface area contributed by atoms with Crippen LogP contribution in [0.4, 0.5) is 0 Å². The Balaban J connectivity index is 1.76. The summed E-state index contributed by atoms with van der Waals surface area (Å²) >= 11 is 0. The zero-order valence-corrected chi connectivity index (χ0v) is 16.2. The molecule has 0 N–H and O–H groups in total. The highest BCUT2D eigenvalue weighted by atomic mass is 32.2. The maximum absolute atomic E-state index is 13.2. The van der Waals surface area contributed by atoms with Gasteiger partial charge in [0.25, 0.3) is 5.91 Å². The van der Waals surface area contributed by atoms with Gasteiger partial charge >= 0.3 is 0 Å². The molecule has 1 saturated heterocycles. The van der Waals surface area contributed by atoms with E-state index in [0.29, 0.717) is 17.9 Å². The van der Waals surface area contributed by atoms with Crippen LogP contribution in [0.5, 0.6) is 0 Å². The molecule has 3 heterocycles. The minimum atomic E-state index is -3.04. The average molecular weight is 376 g/mol. The van der Waals surface area contributed by atoms with Gasteiger partial charge in [-0.1, -0.05) is 0 Å². The fraction of sp³-hybridized carbons (Fsp3) is 0.611. The topological polar surface area (TPSA) is 85.2 Å². The third-order valence-electron chi connectivity index (χ3n) is 5.38. The fourth-order valence-corrected chi connectivity index (χ4v) is 5.39. The number of hydrogen-bond acceptors (Lipinski definition) is 5. The molecule has 2 aromatic rings. The summed E-state index contributed by atoms with van der Waals surface area (Å²) in [4.78, 5) is 19.6. The predicted octanol–water partition coefficient (Wildman–Crippen LogP) is 2.15. The molecule has 1 saturated carbocycles. The Morgan fingerprint density at radius 2 is 2.04 bits per heavy atom. The van der Waals surface area contributed by atoms with Gasteiger partial charge in [0.1, 0.15) is 0 Å². The fourth-order valence-electron chi connectivity index (χ4n) is 3.62. The molecular formula is C18H24N4O3S. The van der Waals surface area contributed by atoms with Gasteiger partial charge in [-0.15, -0.1) is 0 Å². The highest BCUT2D eigenvalue weighted by molar-refractivity contribution is 7.91. The van der Waals surface area contributed by atoms with Crippen LogP contribution in [0.1, 0.15) is 61.1 Å². The third kappa shape index (κ3) is 3.00. The van der Waals surface area contributed by atoms with Gasteiger partial charge in [0.15, 0.2) is 15.5 Å². The Kier molecular flexibility index (Phi) is 4.06. The molecule has 1 amide bonds. The second-order valence-corrected chi connectivity index (χ2v) is 9.99. The summed E-state index contributed by atoms with van der Waals surface area (Å²) in [5.41, 5.74) is 2.26. The quantitative estimate of drug-likeness (QED) is 0.816. The van der Waals surface area contributed by atoms with E-state index in [1.165, 1.54) is 0 Å². The number of pyridine rings is 1. The Hall–Kier alpha value is -1.96. The zero-order valence-electron chi connectivity index (χ0n) is 15.3. The van der Waals surface area contributed by atoms with Crippen molar-refractivity contribution in [2.45, 2.75) is 51.1 Å². The molecule has 4 rings (SSSR count). The van der Waals surface area contributed by atoms with E-state index >= 15 is 0 Å². The predicted molar refractivity (Wildman–Crippen MR) is 99.0 cm³/mol. The first-order chi connectivity index (χ1) is 12.3. The molecule has 26 heavy (non-hydrogen) atoms. The van der Waals surface area contributed by atoms with E-state index in [0.717, 1.165) is 29.6 Å². The van der Waals surface area contributed by atoms with Crippen molar-refractivity contribution in [2.75, 3.05) is 18.6 Å². The molecule has 0 radical (unpaired) electrons. The average Bonchev–Trinajstić information content (AvgIpc) is 3.25. The first-order valence-corrected chi connectivity index (χ1v) is 10.9. The van der Waals surface area contributed by atoms with Gasteiger partial charge in [-0.3, -0.25) is 4.79 Å². The molecule has 1 aliphatic carbocycles. The molecule has 0 aromatic carbocycles. The van der Waals surface area contributed by atoms with Crippen LogP contribution in [-0.2, 0) is 9.84 Å². The normalized spacial score (nSPS) is 22.2. The van der Waals surface area contributed by atoms with E-state index < -0.39 is 9.84 Å². The molecule has 8 heteroatoms. The van der Waals surface area contributed by atoms with Crippen molar-refractivity contribution in [3.8, 4) is 0 Å². The van der Waals surface area contributed by atoms with Gasteiger partial charge < -0.3 is 4.90 Å². The Bertz CT molecular complexity index is 976. The summed E-state index contributed by atoms with van der Waals surface area (Å²) in [5.74, 6) is 0.465. The zero-order chi connectivity index (χ0) is 18.6. The van der Waals surface area contributed by atoms with E-state index in [-0.39, 0.29) is 29.5 Å². The van der Waals surface area contributed by atoms with Crippen LogP contribution in [0.3, 0.4) is 0 Å². The number of aromatic nitrogens is 3. The van der Waals surface area contributed by atoms with Crippen LogP contribution >= 0.6 is 0 Å². The van der Waals surface area contributed by atoms with Crippen LogP contribution in [0, 0.1) is 0 Å². The smallest absolute Gasteiger partial charge is 0.254 e. The summed E-state index contributed by atoms with van der Waals surface area (Å²) in [6, 6.07) is 1.77. The van der Waals surface area contributed by atoms with Gasteiger partial charge in [0, 0.05) is 30.7 Å². The van der Waals surface area contributed by atoms with Crippen molar-refractivity contribution in [2.24, 2.45) is 0 Å². The standard InChI is InChI=1S/C18H24N4O3S/c1-11(2)22-17-15(9-19-22)14(8-16(20-17)12-4-5-12)18(23)21(3)13-6-7-26(24,25)10-13/h8-9,11-13H,4-7,10H2,1-3H3. The molecule has 0 spiro atoms. The van der Waals surface area contributed by atoms with Crippen LogP contribution in [0.2, 0.25) is 0 Å². The van der Waals surface area contributed by atoms with Gasteiger partial charge in [0.05, 0.1) is 28.7 Å². The first kappa shape index (κ1) is 17.5. The maximum Gasteiger partial charge on any atom is 0.254 e. The molecular weight excluding hydrogens is 352 g/mol. The van der Waals surface area contributed by atoms with Gasteiger partial charge in [-0.2, -0.15) is 5.10 Å². The van der Waals surface area contributed by atoms with Crippen molar-refractivity contribution in [1.82, 2.24) is 19.7 Å². The molecule has 1 atom stereocenters. The highest BCUT2D eigenvalue weighted by Gasteiger charge is 2.35. The lowest BCUT2D eigenvalue weighted by Gasteiger charge is -2.24. The number of fused-ring (bicyclic) bond motifs is 1. The van der Waals surface area contributed by atoms with Crippen LogP contribution < -0.4 is 0 Å². The van der Waals surface area contributed by atoms with Crippen LogP contribution in [0.25, 0.3) is 11.0 Å². The summed E-state index contributed by atoms with van der Waals surface area (Å²) in [5, 5.41) is 5.16. The number of carbonyl (C=O) groups excluding carboxylic acids is 1. The summed E-state index contributed by atoms with van der Waals surface area (Å²) < 4.78 is 25.4. The molecule has 1 unspecified atom stereocenters. The van der Waals surface area contributed by atoms with Crippen molar-refractivity contribution >= 4 is 26.8 Å². The second kappa shape index (κ2) is 6.04. The Labute approximate surface area is 153 Å². The first-order valence-electron chi connectivity index (χ1n) is 9.12. The second-order valence-electron chi connectivity index (χ2n) is 7.76. The highest BCUT2D eigenvalue weighted by Crippen LogP contribution is 2.40. The van der Waals surface area contributed by atoms with E-state index in [1.54, 1.807) is 18.1 Å². The minimum Gasteiger partial charge on any atom is -0.338 e. The van der Waals surface area contributed by atoms with Crippen LogP contribution in [-0.4, -0.2) is 58.6 Å². The molecule has 140 valence electrons. The summed E-state index contributed by atoms with van der Waals surface area (Å²) in [7, 11) is -1.34. The van der Waals surface area contributed by atoms with Crippen LogP contribution in [0.15, 0.2) is 12.3 Å². The number of hydrogen-bond donors (Lipinski definition) is 0. The molecule has 2 fully saturated rings. The number of rotatable bonds is 4. The molecule has 7 nitrogen and oxygen atoms in total. The Morgan fingerprint density at radius 3 is 2.62 bits per heavy atom. The van der Waals surface area contributed by atoms with Gasteiger partial charge in [-0.05, 0) is 39.2 Å². The van der Waals surface area contributed by atoms with Crippen molar-refractivity contribution in [1.29, 1.82) is 0 Å². The molecule has 2 aliphatic rings. The number of amides is 1. The molecule has 0 bridgehead atoms. The SMILES string of the molecule is CC(C)n1ncc2c(C(=O)N(C)C3CCS(=O)(=O)C3)cc(C3CC3)nc21. The summed E-state index contributed by atoms with van der Waals surface area (Å²) in [6.45, 7) is 4.07. The van der Waals surface area contributed by atoms with Crippen molar-refractivity contribution in [3.05, 3.63) is 23.5 Å². The Morgan fingerprint density at radius 1 is 1.31 bits per heavy atom. The van der Waals surface area contributed by atoms with Crippen molar-refractivity contribution in [3.63, 3.8) is 0 Å². The number of nitrogens with zero attached hydrogens (tertiary/aromatic N) is 4. The van der Waals surface area contributed by atoms with Gasteiger partial charge in [0.2, 0.25) is 0 Å². The number of sulfone groups is 1. The molecule has 1 aliphatic heterocycles. The third-order valence-corrected chi connectivity index (χ3v) is 7.13. The monoisotopic (exact) mass is 376 g/mol. The minimum absolute atomic E-state index is 0.0458. The lowest BCUT2D eigenvalue weighted by molar-refractivity contribution is 0.0749. The lowest BCUT2D eigenvalue weighted by atomic mass is 10.1. The van der Waals surface area contributed by atoms with Gasteiger partial charge in [-0.25, -0.2) is 18.1 Å². The molecule has 2 aromatic heterocycles. The van der Waals surface area contributed by atoms with E-state index in [4.69, 9.17) is 4.98 Å². The van der Waals surface area contributed by atoms with E-state index in [9.17, 15) is 13.2 Å². The lowest BCUT2D eigenvalue weighted by Crippen LogP contribution is -2.38. The largest absolute Gasteiger partial charge is 0.338 e. The maximum atomic E-state index is 13.2.